The fraction of sp³-hybridized carbons (Fsp3) is 0.833. The Morgan fingerprint density at radius 1 is 1.00 bits per heavy atom. The fourth-order valence-electron chi connectivity index (χ4n) is 0.782. The van der Waals surface area contributed by atoms with Gasteiger partial charge < -0.3 is 35.0 Å². The van der Waals surface area contributed by atoms with E-state index >= 15 is 0 Å². The second kappa shape index (κ2) is 14.2. The molecule has 0 aliphatic heterocycles. The van der Waals surface area contributed by atoms with E-state index < -0.39 is 38.8 Å². The summed E-state index contributed by atoms with van der Waals surface area (Å²) in [6.45, 7) is -0.964. The molecule has 0 aromatic carbocycles. The Kier molecular flexibility index (Phi) is 22.2. The van der Waals surface area contributed by atoms with E-state index in [1.807, 2.05) is 0 Å². The number of aliphatic hydroxyl groups is 4. The van der Waals surface area contributed by atoms with Crippen LogP contribution in [0.15, 0.2) is 0 Å². The number of aliphatic hydroxyl groups excluding tert-OH is 4. The summed E-state index contributed by atoms with van der Waals surface area (Å²) in [7, 11) is -4.80. The minimum absolute atomic E-state index is 0. The van der Waals surface area contributed by atoms with Gasteiger partial charge in [0, 0.05) is 0 Å². The molecule has 0 rings (SSSR count). The van der Waals surface area contributed by atoms with Gasteiger partial charge in [0.05, 0.1) is 6.61 Å². The molecule has 0 aliphatic carbocycles. The van der Waals surface area contributed by atoms with Gasteiger partial charge in [-0.3, -0.25) is 4.52 Å². The molecule has 9 nitrogen and oxygen atoms in total. The van der Waals surface area contributed by atoms with Gasteiger partial charge in [0.2, 0.25) is 0 Å². The predicted octanol–water partition coefficient (Wildman–Crippen LogP) is -5.21. The van der Waals surface area contributed by atoms with Crippen molar-refractivity contribution in [3.05, 3.63) is 0 Å². The normalized spacial score (nSPS) is 16.7. The van der Waals surface area contributed by atoms with Crippen LogP contribution in [0.1, 0.15) is 0 Å². The van der Waals surface area contributed by atoms with Crippen molar-refractivity contribution in [2.24, 2.45) is 0 Å². The van der Waals surface area contributed by atoms with E-state index in [1.54, 1.807) is 0 Å². The third-order valence-corrected chi connectivity index (χ3v) is 2.13. The van der Waals surface area contributed by atoms with Crippen LogP contribution >= 0.6 is 7.82 Å². The van der Waals surface area contributed by atoms with E-state index in [0.717, 1.165) is 0 Å². The molecule has 0 saturated heterocycles. The molecular formula is C6H16Na3O9P. The Bertz CT molecular complexity index is 275. The first-order valence-electron chi connectivity index (χ1n) is 4.06. The topological polar surface area (TPSA) is 165 Å². The quantitative estimate of drug-likeness (QED) is 0.152. The molecule has 0 aromatic rings. The standard InChI is InChI=1S/C6H13O9P.3Na.3H/c7-1-3(8)5(10)6(11)4(9)2-15-16(12,13)14;;;;;;/h1,3-6,8-11H,2H2,(H2,12,13,14);;;;;;/t3-,4+,5+,6+;;;;;;/m0....../s1. The Hall–Kier alpha value is 2.62. The first-order chi connectivity index (χ1) is 7.19. The van der Waals surface area contributed by atoms with Crippen molar-refractivity contribution >= 4 is 103 Å². The summed E-state index contributed by atoms with van der Waals surface area (Å²) in [6.07, 6.45) is -7.80. The number of hydrogen-bond acceptors (Lipinski definition) is 7. The van der Waals surface area contributed by atoms with Gasteiger partial charge in [-0.15, -0.1) is 0 Å². The molecule has 4 atom stereocenters. The summed E-state index contributed by atoms with van der Waals surface area (Å²) in [5, 5.41) is 36.1. The molecule has 0 aromatic heterocycles. The van der Waals surface area contributed by atoms with Crippen LogP contribution in [0.25, 0.3) is 0 Å². The fourth-order valence-corrected chi connectivity index (χ4v) is 1.13. The molecule has 13 heteroatoms. The molecule has 0 spiro atoms. The zero-order valence-corrected chi connectivity index (χ0v) is 8.84. The van der Waals surface area contributed by atoms with Crippen LogP contribution < -0.4 is 0 Å². The van der Waals surface area contributed by atoms with Crippen molar-refractivity contribution in [2.45, 2.75) is 24.4 Å². The molecule has 0 fully saturated rings. The Balaban J connectivity index is -0.000000375. The first kappa shape index (κ1) is 29.6. The summed E-state index contributed by atoms with van der Waals surface area (Å²) in [4.78, 5) is 26.6. The van der Waals surface area contributed by atoms with E-state index in [-0.39, 0.29) is 95.0 Å². The Labute approximate surface area is 175 Å². The van der Waals surface area contributed by atoms with Crippen LogP contribution in [0.5, 0.6) is 0 Å². The summed E-state index contributed by atoms with van der Waals surface area (Å²) in [5.41, 5.74) is 0. The SMILES string of the molecule is O=C[C@H](O)[C@@H](O)[C@H](O)[C@H](O)COP(=O)(O)O.[NaH].[NaH].[NaH]. The third kappa shape index (κ3) is 14.0. The summed E-state index contributed by atoms with van der Waals surface area (Å²) < 4.78 is 14.1. The number of carbonyl (C=O) groups is 1. The van der Waals surface area contributed by atoms with Gasteiger partial charge in [-0.2, -0.15) is 0 Å². The molecular weight excluding hydrogens is 316 g/mol. The molecule has 0 bridgehead atoms. The molecule has 6 N–H and O–H groups in total. The van der Waals surface area contributed by atoms with Gasteiger partial charge in [-0.1, -0.05) is 0 Å². The van der Waals surface area contributed by atoms with E-state index in [4.69, 9.17) is 30.2 Å². The van der Waals surface area contributed by atoms with Gasteiger partial charge in [-0.25, -0.2) is 4.57 Å². The zero-order valence-electron chi connectivity index (χ0n) is 7.95. The van der Waals surface area contributed by atoms with Crippen molar-refractivity contribution in [1.29, 1.82) is 0 Å². The van der Waals surface area contributed by atoms with Crippen molar-refractivity contribution in [3.63, 3.8) is 0 Å². The average molecular weight is 332 g/mol. The van der Waals surface area contributed by atoms with Crippen molar-refractivity contribution in [3.8, 4) is 0 Å². The van der Waals surface area contributed by atoms with E-state index in [9.17, 15) is 9.36 Å². The number of hydrogen-bond donors (Lipinski definition) is 6. The summed E-state index contributed by atoms with van der Waals surface area (Å²) >= 11 is 0. The van der Waals surface area contributed by atoms with Crippen molar-refractivity contribution in [2.75, 3.05) is 6.61 Å². The summed E-state index contributed by atoms with van der Waals surface area (Å²) in [6, 6.07) is 0. The van der Waals surface area contributed by atoms with Crippen LogP contribution in [0.2, 0.25) is 0 Å². The first-order valence-corrected chi connectivity index (χ1v) is 5.59. The number of phosphoric acid groups is 1. The molecule has 0 saturated carbocycles. The molecule has 0 amide bonds. The van der Waals surface area contributed by atoms with Crippen LogP contribution in [-0.4, -0.2) is 156 Å². The summed E-state index contributed by atoms with van der Waals surface area (Å²) in [5.74, 6) is 0. The van der Waals surface area contributed by atoms with Crippen LogP contribution in [0, 0.1) is 0 Å². The maximum absolute atomic E-state index is 10.2. The third-order valence-electron chi connectivity index (χ3n) is 1.65. The van der Waals surface area contributed by atoms with Gasteiger partial charge in [-0.05, 0) is 0 Å². The minimum atomic E-state index is -4.80. The van der Waals surface area contributed by atoms with Gasteiger partial charge in [0.25, 0.3) is 0 Å². The van der Waals surface area contributed by atoms with Gasteiger partial charge in [0.1, 0.15) is 24.4 Å². The van der Waals surface area contributed by atoms with Crippen LogP contribution in [-0.2, 0) is 13.9 Å². The Morgan fingerprint density at radius 3 is 1.74 bits per heavy atom. The molecule has 0 unspecified atom stereocenters. The average Bonchev–Trinajstić information content (AvgIpc) is 2.21. The van der Waals surface area contributed by atoms with E-state index in [2.05, 4.69) is 4.52 Å². The second-order valence-electron chi connectivity index (χ2n) is 2.96. The van der Waals surface area contributed by atoms with Gasteiger partial charge in [0.15, 0.2) is 6.29 Å². The second-order valence-corrected chi connectivity index (χ2v) is 4.20. The van der Waals surface area contributed by atoms with Gasteiger partial charge >= 0.3 is 96.5 Å². The monoisotopic (exact) mass is 332 g/mol. The Morgan fingerprint density at radius 2 is 1.42 bits per heavy atom. The maximum atomic E-state index is 10.2. The number of carbonyl (C=O) groups excluding carboxylic acids is 1. The van der Waals surface area contributed by atoms with Crippen LogP contribution in [0.4, 0.5) is 0 Å². The van der Waals surface area contributed by atoms with E-state index in [0.29, 0.717) is 0 Å². The number of rotatable bonds is 7. The van der Waals surface area contributed by atoms with Crippen LogP contribution in [0.3, 0.4) is 0 Å². The number of aldehydes is 1. The molecule has 0 radical (unpaired) electrons. The predicted molar refractivity (Wildman–Crippen MR) is 69.5 cm³/mol. The number of phosphoric ester groups is 1. The van der Waals surface area contributed by atoms with Crippen molar-refractivity contribution in [1.82, 2.24) is 0 Å². The van der Waals surface area contributed by atoms with Crippen molar-refractivity contribution < 1.29 is 44.1 Å². The van der Waals surface area contributed by atoms with E-state index in [1.165, 1.54) is 0 Å². The molecule has 19 heavy (non-hydrogen) atoms. The molecule has 102 valence electrons. The molecule has 0 heterocycles. The molecule has 0 aliphatic rings. The zero-order chi connectivity index (χ0) is 12.9.